The van der Waals surface area contributed by atoms with Gasteiger partial charge in [0.25, 0.3) is 11.8 Å². The summed E-state index contributed by atoms with van der Waals surface area (Å²) in [6.07, 6.45) is 6.40. The van der Waals surface area contributed by atoms with Crippen molar-refractivity contribution in [3.63, 3.8) is 0 Å². The molecule has 0 spiro atoms. The van der Waals surface area contributed by atoms with E-state index in [1.54, 1.807) is 29.3 Å². The van der Waals surface area contributed by atoms with Gasteiger partial charge in [0.15, 0.2) is 0 Å². The molecule has 0 unspecified atom stereocenters. The molecule has 8 heteroatoms. The molecule has 0 radical (unpaired) electrons. The maximum Gasteiger partial charge on any atom is 0.328 e. The fourth-order valence-electron chi connectivity index (χ4n) is 2.69. The van der Waals surface area contributed by atoms with Crippen molar-refractivity contribution in [2.24, 2.45) is 0 Å². The van der Waals surface area contributed by atoms with E-state index in [-0.39, 0.29) is 5.57 Å². The minimum absolute atomic E-state index is 0.174. The van der Waals surface area contributed by atoms with Crippen LogP contribution in [0.2, 0.25) is 0 Å². The number of nitrogens with zero attached hydrogens (tertiary/aromatic N) is 3. The van der Waals surface area contributed by atoms with Crippen molar-refractivity contribution in [3.8, 4) is 16.9 Å². The van der Waals surface area contributed by atoms with E-state index in [1.807, 2.05) is 36.4 Å². The van der Waals surface area contributed by atoms with Crippen molar-refractivity contribution >= 4 is 23.9 Å². The Balaban J connectivity index is 1.85. The van der Waals surface area contributed by atoms with Crippen molar-refractivity contribution in [1.29, 1.82) is 0 Å². The molecule has 2 N–H and O–H groups in total. The van der Waals surface area contributed by atoms with E-state index in [0.29, 0.717) is 11.3 Å². The monoisotopic (exact) mass is 359 g/mol. The van der Waals surface area contributed by atoms with Gasteiger partial charge in [0.1, 0.15) is 11.3 Å². The van der Waals surface area contributed by atoms with Crippen LogP contribution < -0.4 is 10.6 Å². The van der Waals surface area contributed by atoms with E-state index in [0.717, 1.165) is 11.3 Å². The van der Waals surface area contributed by atoms with Crippen LogP contribution in [0.3, 0.4) is 0 Å². The maximum atomic E-state index is 12.0. The Morgan fingerprint density at radius 2 is 1.67 bits per heavy atom. The van der Waals surface area contributed by atoms with Crippen molar-refractivity contribution in [2.45, 2.75) is 0 Å². The third kappa shape index (κ3) is 3.23. The van der Waals surface area contributed by atoms with Crippen LogP contribution in [0.25, 0.3) is 23.0 Å². The summed E-state index contributed by atoms with van der Waals surface area (Å²) < 4.78 is 1.65. The molecule has 4 rings (SSSR count). The molecular weight excluding hydrogens is 346 g/mol. The number of hydrogen-bond acceptors (Lipinski definition) is 5. The lowest BCUT2D eigenvalue weighted by Crippen LogP contribution is -2.51. The fraction of sp³-hybridized carbons (Fsp3) is 0. The highest BCUT2D eigenvalue weighted by Gasteiger charge is 2.28. The first kappa shape index (κ1) is 16.4. The number of carbonyl (C=O) groups is 3. The van der Waals surface area contributed by atoms with E-state index in [2.05, 4.69) is 20.7 Å². The number of pyridine rings is 1. The summed E-state index contributed by atoms with van der Waals surface area (Å²) in [5.74, 6) is -1.51. The van der Waals surface area contributed by atoms with Gasteiger partial charge in [0.05, 0.1) is 5.69 Å². The zero-order valence-corrected chi connectivity index (χ0v) is 13.9. The summed E-state index contributed by atoms with van der Waals surface area (Å²) in [4.78, 5) is 39.4. The predicted octanol–water partition coefficient (Wildman–Crippen LogP) is 1.68. The summed E-state index contributed by atoms with van der Waals surface area (Å²) in [6, 6.07) is 12.2. The number of rotatable bonds is 3. The summed E-state index contributed by atoms with van der Waals surface area (Å²) in [6.45, 7) is 0. The molecule has 8 nitrogen and oxygen atoms in total. The number of barbiturate groups is 1. The van der Waals surface area contributed by atoms with Gasteiger partial charge in [0.2, 0.25) is 0 Å². The summed E-state index contributed by atoms with van der Waals surface area (Å²) >= 11 is 0. The van der Waals surface area contributed by atoms with Gasteiger partial charge in [-0.1, -0.05) is 18.2 Å². The molecule has 3 aromatic rings. The molecule has 4 amide bonds. The molecule has 27 heavy (non-hydrogen) atoms. The maximum absolute atomic E-state index is 12.0. The molecule has 1 aromatic carbocycles. The van der Waals surface area contributed by atoms with E-state index < -0.39 is 17.8 Å². The lowest BCUT2D eigenvalue weighted by molar-refractivity contribution is -0.123. The molecule has 132 valence electrons. The van der Waals surface area contributed by atoms with Gasteiger partial charge in [-0.15, -0.1) is 0 Å². The van der Waals surface area contributed by atoms with Crippen molar-refractivity contribution in [3.05, 3.63) is 72.2 Å². The minimum Gasteiger partial charge on any atom is -0.273 e. The van der Waals surface area contributed by atoms with E-state index in [1.165, 1.54) is 6.08 Å². The van der Waals surface area contributed by atoms with Gasteiger partial charge < -0.3 is 0 Å². The molecule has 2 aromatic heterocycles. The highest BCUT2D eigenvalue weighted by Crippen LogP contribution is 2.25. The van der Waals surface area contributed by atoms with Crippen LogP contribution in [0.1, 0.15) is 5.56 Å². The molecule has 1 aliphatic heterocycles. The molecular formula is C19H13N5O3. The second kappa shape index (κ2) is 6.68. The van der Waals surface area contributed by atoms with E-state index >= 15 is 0 Å². The van der Waals surface area contributed by atoms with Gasteiger partial charge in [0, 0.05) is 29.7 Å². The number of carbonyl (C=O) groups excluding carboxylic acids is 3. The molecule has 1 fully saturated rings. The molecule has 1 saturated heterocycles. The van der Waals surface area contributed by atoms with Crippen LogP contribution in [0.4, 0.5) is 4.79 Å². The Morgan fingerprint density at radius 3 is 2.33 bits per heavy atom. The molecule has 1 aliphatic rings. The number of amides is 4. The smallest absolute Gasteiger partial charge is 0.273 e. The Labute approximate surface area is 153 Å². The highest BCUT2D eigenvalue weighted by atomic mass is 16.2. The lowest BCUT2D eigenvalue weighted by atomic mass is 10.1. The van der Waals surface area contributed by atoms with Crippen molar-refractivity contribution in [2.75, 3.05) is 0 Å². The quantitative estimate of drug-likeness (QED) is 0.547. The largest absolute Gasteiger partial charge is 0.328 e. The van der Waals surface area contributed by atoms with Gasteiger partial charge in [-0.2, -0.15) is 5.10 Å². The average Bonchev–Trinajstić information content (AvgIpc) is 3.10. The van der Waals surface area contributed by atoms with Crippen LogP contribution in [0, 0.1) is 0 Å². The number of para-hydroxylation sites is 1. The lowest BCUT2D eigenvalue weighted by Gasteiger charge is -2.13. The van der Waals surface area contributed by atoms with E-state index in [9.17, 15) is 14.4 Å². The van der Waals surface area contributed by atoms with E-state index in [4.69, 9.17) is 0 Å². The Hall–Kier alpha value is -4.07. The molecule has 0 bridgehead atoms. The zero-order chi connectivity index (χ0) is 18.8. The number of aromatic nitrogens is 3. The SMILES string of the molecule is O=C1NC(=O)C(=Cc2cn(-c3ccccc3)nc2-c2cccnc2)C(=O)N1. The van der Waals surface area contributed by atoms with Crippen molar-refractivity contribution in [1.82, 2.24) is 25.4 Å². The first-order valence-corrected chi connectivity index (χ1v) is 8.05. The second-order valence-corrected chi connectivity index (χ2v) is 5.75. The number of benzene rings is 1. The van der Waals surface area contributed by atoms with Crippen LogP contribution in [-0.4, -0.2) is 32.6 Å². The number of hydrogen-bond donors (Lipinski definition) is 2. The van der Waals surface area contributed by atoms with Gasteiger partial charge in [-0.05, 0) is 30.3 Å². The van der Waals surface area contributed by atoms with Crippen LogP contribution in [0.5, 0.6) is 0 Å². The number of urea groups is 1. The topological polar surface area (TPSA) is 106 Å². The third-order valence-electron chi connectivity index (χ3n) is 3.94. The van der Waals surface area contributed by atoms with Crippen LogP contribution >= 0.6 is 0 Å². The third-order valence-corrected chi connectivity index (χ3v) is 3.94. The zero-order valence-electron chi connectivity index (χ0n) is 13.9. The minimum atomic E-state index is -0.838. The van der Waals surface area contributed by atoms with Gasteiger partial charge in [-0.3, -0.25) is 25.2 Å². The fourth-order valence-corrected chi connectivity index (χ4v) is 2.69. The highest BCUT2D eigenvalue weighted by molar-refractivity contribution is 6.31. The first-order chi connectivity index (χ1) is 13.1. The first-order valence-electron chi connectivity index (χ1n) is 8.05. The average molecular weight is 359 g/mol. The second-order valence-electron chi connectivity index (χ2n) is 5.75. The number of nitrogens with one attached hydrogen (secondary N) is 2. The van der Waals surface area contributed by atoms with Crippen LogP contribution in [0.15, 0.2) is 66.6 Å². The predicted molar refractivity (Wildman–Crippen MR) is 96.5 cm³/mol. The summed E-state index contributed by atoms with van der Waals surface area (Å²) in [5.41, 5.74) is 2.47. The van der Waals surface area contributed by atoms with Crippen molar-refractivity contribution < 1.29 is 14.4 Å². The molecule has 0 aliphatic carbocycles. The van der Waals surface area contributed by atoms with Gasteiger partial charge >= 0.3 is 6.03 Å². The molecule has 0 saturated carbocycles. The molecule has 3 heterocycles. The van der Waals surface area contributed by atoms with Crippen LogP contribution in [-0.2, 0) is 9.59 Å². The standard InChI is InChI=1S/C19H13N5O3/c25-17-15(18(26)22-19(27)21-17)9-13-11-24(14-6-2-1-3-7-14)23-16(13)12-5-4-8-20-10-12/h1-11H,(H2,21,22,25,26,27). The van der Waals surface area contributed by atoms with Gasteiger partial charge in [-0.25, -0.2) is 9.48 Å². The Kier molecular flexibility index (Phi) is 4.06. The Morgan fingerprint density at radius 1 is 0.926 bits per heavy atom. The summed E-state index contributed by atoms with van der Waals surface area (Å²) in [7, 11) is 0. The molecule has 0 atom stereocenters. The normalized spacial score (nSPS) is 13.9. The Bertz CT molecular complexity index is 1050. The summed E-state index contributed by atoms with van der Waals surface area (Å²) in [5, 5.41) is 8.70. The number of imide groups is 2.